The summed E-state index contributed by atoms with van der Waals surface area (Å²) in [5.41, 5.74) is 0.375. The predicted octanol–water partition coefficient (Wildman–Crippen LogP) is 0.0291. The standard InChI is InChI=1S/C19H20FN3O6/c20-10-15(24)14(9-17(26)27)21-16(25)11-23-8-4-7-13(19(23)29)22-18(28)12-5-2-1-3-6-12/h1-6,8,13-14H,7,9-11H2,(H,21,25)(H,22,28)(H,26,27). The largest absolute Gasteiger partial charge is 0.481 e. The first kappa shape index (κ1) is 21.7. The number of carbonyl (C=O) groups is 5. The number of aliphatic carboxylic acids is 1. The van der Waals surface area contributed by atoms with Gasteiger partial charge in [0.1, 0.15) is 25.3 Å². The summed E-state index contributed by atoms with van der Waals surface area (Å²) in [5.74, 6) is -4.27. The van der Waals surface area contributed by atoms with E-state index in [1.165, 1.54) is 6.20 Å². The molecule has 0 bridgehead atoms. The molecule has 0 saturated heterocycles. The number of carboxylic acid groups (broad SMARTS) is 1. The lowest BCUT2D eigenvalue weighted by molar-refractivity contribution is -0.141. The maximum atomic E-state index is 12.6. The van der Waals surface area contributed by atoms with Crippen LogP contribution < -0.4 is 10.6 Å². The molecule has 0 aromatic heterocycles. The smallest absolute Gasteiger partial charge is 0.305 e. The number of carbonyl (C=O) groups excluding carboxylic acids is 4. The first-order valence-electron chi connectivity index (χ1n) is 8.74. The quantitative estimate of drug-likeness (QED) is 0.531. The van der Waals surface area contributed by atoms with E-state index in [2.05, 4.69) is 10.6 Å². The van der Waals surface area contributed by atoms with Crippen molar-refractivity contribution in [1.29, 1.82) is 0 Å². The van der Waals surface area contributed by atoms with Crippen molar-refractivity contribution < 1.29 is 33.5 Å². The fraction of sp³-hybridized carbons (Fsp3) is 0.316. The molecule has 1 aliphatic rings. The fourth-order valence-electron chi connectivity index (χ4n) is 2.69. The van der Waals surface area contributed by atoms with Crippen molar-refractivity contribution in [3.63, 3.8) is 0 Å². The maximum Gasteiger partial charge on any atom is 0.305 e. The van der Waals surface area contributed by atoms with Gasteiger partial charge in [-0.1, -0.05) is 24.3 Å². The van der Waals surface area contributed by atoms with Gasteiger partial charge in [-0.25, -0.2) is 4.39 Å². The minimum Gasteiger partial charge on any atom is -0.481 e. The molecule has 0 saturated carbocycles. The molecule has 2 atom stereocenters. The molecule has 29 heavy (non-hydrogen) atoms. The summed E-state index contributed by atoms with van der Waals surface area (Å²) in [4.78, 5) is 60.2. The highest BCUT2D eigenvalue weighted by molar-refractivity contribution is 5.99. The van der Waals surface area contributed by atoms with Gasteiger partial charge in [0, 0.05) is 11.8 Å². The van der Waals surface area contributed by atoms with Gasteiger partial charge in [-0.05, 0) is 18.6 Å². The zero-order valence-electron chi connectivity index (χ0n) is 15.3. The number of halogens is 1. The van der Waals surface area contributed by atoms with E-state index in [0.29, 0.717) is 5.56 Å². The van der Waals surface area contributed by atoms with Gasteiger partial charge in [0.05, 0.1) is 6.42 Å². The second kappa shape index (κ2) is 10.1. The molecule has 1 heterocycles. The molecule has 2 unspecified atom stereocenters. The molecule has 0 radical (unpaired) electrons. The van der Waals surface area contributed by atoms with Crippen molar-refractivity contribution in [2.24, 2.45) is 0 Å². The van der Waals surface area contributed by atoms with E-state index < -0.39 is 61.2 Å². The Labute approximate surface area is 165 Å². The van der Waals surface area contributed by atoms with E-state index in [1.807, 2.05) is 0 Å². The first-order valence-corrected chi connectivity index (χ1v) is 8.74. The number of rotatable bonds is 9. The van der Waals surface area contributed by atoms with Gasteiger partial charge >= 0.3 is 5.97 Å². The average molecular weight is 405 g/mol. The van der Waals surface area contributed by atoms with E-state index in [4.69, 9.17) is 5.11 Å². The molecule has 3 amide bonds. The molecule has 1 aromatic rings. The minimum atomic E-state index is -1.53. The van der Waals surface area contributed by atoms with Crippen LogP contribution in [0.5, 0.6) is 0 Å². The molecule has 0 aliphatic carbocycles. The zero-order valence-corrected chi connectivity index (χ0v) is 15.3. The lowest BCUT2D eigenvalue weighted by Crippen LogP contribution is -2.52. The first-order chi connectivity index (χ1) is 13.8. The molecule has 0 fully saturated rings. The van der Waals surface area contributed by atoms with Gasteiger partial charge in [-0.15, -0.1) is 0 Å². The van der Waals surface area contributed by atoms with Crippen LogP contribution in [-0.2, 0) is 19.2 Å². The topological polar surface area (TPSA) is 133 Å². The number of nitrogens with zero attached hydrogens (tertiary/aromatic N) is 1. The third-order valence-electron chi connectivity index (χ3n) is 4.13. The van der Waals surface area contributed by atoms with Crippen LogP contribution >= 0.6 is 0 Å². The van der Waals surface area contributed by atoms with Crippen molar-refractivity contribution >= 4 is 29.5 Å². The van der Waals surface area contributed by atoms with E-state index in [0.717, 1.165) is 4.90 Å². The Kier molecular flexibility index (Phi) is 7.58. The Morgan fingerprint density at radius 2 is 1.90 bits per heavy atom. The van der Waals surface area contributed by atoms with Crippen LogP contribution in [0, 0.1) is 0 Å². The molecule has 2 rings (SSSR count). The van der Waals surface area contributed by atoms with Crippen molar-refractivity contribution in [3.8, 4) is 0 Å². The van der Waals surface area contributed by atoms with Crippen LogP contribution in [0.25, 0.3) is 0 Å². The Morgan fingerprint density at radius 3 is 2.52 bits per heavy atom. The Balaban J connectivity index is 1.97. The van der Waals surface area contributed by atoms with Crippen LogP contribution in [0.15, 0.2) is 42.6 Å². The number of nitrogens with one attached hydrogen (secondary N) is 2. The second-order valence-corrected chi connectivity index (χ2v) is 6.30. The van der Waals surface area contributed by atoms with E-state index in [1.54, 1.807) is 36.4 Å². The summed E-state index contributed by atoms with van der Waals surface area (Å²) in [6.07, 6.45) is 2.41. The average Bonchev–Trinajstić information content (AvgIpc) is 2.70. The van der Waals surface area contributed by atoms with Crippen molar-refractivity contribution in [3.05, 3.63) is 48.2 Å². The van der Waals surface area contributed by atoms with E-state index in [-0.39, 0.29) is 6.42 Å². The highest BCUT2D eigenvalue weighted by Gasteiger charge is 2.30. The lowest BCUT2D eigenvalue weighted by Gasteiger charge is -2.28. The molecule has 10 heteroatoms. The van der Waals surface area contributed by atoms with Gasteiger partial charge in [-0.3, -0.25) is 24.0 Å². The van der Waals surface area contributed by atoms with Gasteiger partial charge in [0.25, 0.3) is 5.91 Å². The van der Waals surface area contributed by atoms with E-state index >= 15 is 0 Å². The highest BCUT2D eigenvalue weighted by Crippen LogP contribution is 2.10. The molecular formula is C19H20FN3O6. The molecular weight excluding hydrogens is 385 g/mol. The number of Topliss-reactive ketones (excluding diaryl/α,β-unsaturated/α-hetero) is 1. The maximum absolute atomic E-state index is 12.6. The number of amides is 3. The van der Waals surface area contributed by atoms with Crippen LogP contribution in [0.2, 0.25) is 0 Å². The normalized spacial score (nSPS) is 16.8. The summed E-state index contributed by atoms with van der Waals surface area (Å²) in [6.45, 7) is -1.93. The van der Waals surface area contributed by atoms with Crippen molar-refractivity contribution in [1.82, 2.24) is 15.5 Å². The van der Waals surface area contributed by atoms with Crippen LogP contribution in [-0.4, -0.2) is 64.8 Å². The summed E-state index contributed by atoms with van der Waals surface area (Å²) < 4.78 is 12.6. The number of ketones is 1. The van der Waals surface area contributed by atoms with Crippen molar-refractivity contribution in [2.75, 3.05) is 13.2 Å². The van der Waals surface area contributed by atoms with Gasteiger partial charge in [-0.2, -0.15) is 0 Å². The van der Waals surface area contributed by atoms with Crippen LogP contribution in [0.1, 0.15) is 23.2 Å². The molecule has 1 aromatic carbocycles. The number of hydrogen-bond donors (Lipinski definition) is 3. The second-order valence-electron chi connectivity index (χ2n) is 6.30. The Hall–Kier alpha value is -3.56. The Morgan fingerprint density at radius 1 is 1.21 bits per heavy atom. The van der Waals surface area contributed by atoms with E-state index in [9.17, 15) is 28.4 Å². The molecule has 3 N–H and O–H groups in total. The lowest BCUT2D eigenvalue weighted by atomic mass is 10.1. The summed E-state index contributed by atoms with van der Waals surface area (Å²) in [5, 5.41) is 13.5. The zero-order chi connectivity index (χ0) is 21.4. The summed E-state index contributed by atoms with van der Waals surface area (Å²) in [7, 11) is 0. The Bertz CT molecular complexity index is 826. The summed E-state index contributed by atoms with van der Waals surface area (Å²) in [6, 6.07) is 5.88. The number of carboxylic acids is 1. The number of benzene rings is 1. The highest BCUT2D eigenvalue weighted by atomic mass is 19.1. The van der Waals surface area contributed by atoms with Gasteiger partial charge in [0.2, 0.25) is 11.8 Å². The van der Waals surface area contributed by atoms with Gasteiger partial charge in [0.15, 0.2) is 5.78 Å². The minimum absolute atomic E-state index is 0.234. The van der Waals surface area contributed by atoms with Gasteiger partial charge < -0.3 is 20.6 Å². The van der Waals surface area contributed by atoms with Crippen LogP contribution in [0.4, 0.5) is 4.39 Å². The monoisotopic (exact) mass is 405 g/mol. The number of hydrogen-bond acceptors (Lipinski definition) is 5. The molecule has 154 valence electrons. The van der Waals surface area contributed by atoms with Crippen LogP contribution in [0.3, 0.4) is 0 Å². The molecule has 0 spiro atoms. The molecule has 1 aliphatic heterocycles. The fourth-order valence-corrected chi connectivity index (χ4v) is 2.69. The SMILES string of the molecule is O=C(O)CC(NC(=O)CN1C=CCC(NC(=O)c2ccccc2)C1=O)C(=O)CF. The third-order valence-corrected chi connectivity index (χ3v) is 4.13. The van der Waals surface area contributed by atoms with Crippen molar-refractivity contribution in [2.45, 2.75) is 24.9 Å². The number of alkyl halides is 1. The predicted molar refractivity (Wildman–Crippen MR) is 98.3 cm³/mol. The third kappa shape index (κ3) is 6.23. The summed E-state index contributed by atoms with van der Waals surface area (Å²) >= 11 is 0. The molecule has 9 nitrogen and oxygen atoms in total.